The van der Waals surface area contributed by atoms with E-state index in [2.05, 4.69) is 4.90 Å². The minimum absolute atomic E-state index is 0.152. The van der Waals surface area contributed by atoms with Crippen LogP contribution >= 0.6 is 0 Å². The Kier molecular flexibility index (Phi) is 3.62. The molecule has 0 spiro atoms. The Hall–Kier alpha value is -1.29. The first kappa shape index (κ1) is 11.2. The molecule has 0 aliphatic heterocycles. The summed E-state index contributed by atoms with van der Waals surface area (Å²) in [5.41, 5.74) is 0. The molecule has 0 amide bonds. The summed E-state index contributed by atoms with van der Waals surface area (Å²) >= 11 is 0. The van der Waals surface area contributed by atoms with Gasteiger partial charge in [0.25, 0.3) is 0 Å². The zero-order valence-corrected chi connectivity index (χ0v) is 9.52. The van der Waals surface area contributed by atoms with Crippen LogP contribution in [0.4, 0.5) is 0 Å². The Labute approximate surface area is 95.2 Å². The molecule has 2 rings (SSSR count). The molecule has 0 atom stereocenters. The summed E-state index contributed by atoms with van der Waals surface area (Å²) in [6.45, 7) is 3.32. The fourth-order valence-electron chi connectivity index (χ4n) is 1.73. The summed E-state index contributed by atoms with van der Waals surface area (Å²) < 4.78 is 10.2. The first-order valence-electron chi connectivity index (χ1n) is 5.71. The third-order valence-corrected chi connectivity index (χ3v) is 2.64. The molecule has 0 aromatic carbocycles. The second-order valence-electron chi connectivity index (χ2n) is 4.02. The van der Waals surface area contributed by atoms with E-state index in [0.29, 0.717) is 25.7 Å². The number of esters is 1. The van der Waals surface area contributed by atoms with Crippen LogP contribution in [-0.4, -0.2) is 30.1 Å². The van der Waals surface area contributed by atoms with Gasteiger partial charge in [0.2, 0.25) is 0 Å². The molecule has 1 aromatic heterocycles. The van der Waals surface area contributed by atoms with Gasteiger partial charge in [0.15, 0.2) is 0 Å². The highest BCUT2D eigenvalue weighted by Crippen LogP contribution is 2.28. The zero-order valence-electron chi connectivity index (χ0n) is 9.52. The molecule has 4 nitrogen and oxygen atoms in total. The van der Waals surface area contributed by atoms with Crippen LogP contribution in [0.5, 0.6) is 0 Å². The largest absolute Gasteiger partial charge is 0.468 e. The summed E-state index contributed by atoms with van der Waals surface area (Å²) in [7, 11) is 0. The van der Waals surface area contributed by atoms with Crippen molar-refractivity contribution >= 4 is 5.97 Å². The molecule has 0 unspecified atom stereocenters. The van der Waals surface area contributed by atoms with E-state index in [0.717, 1.165) is 5.76 Å². The van der Waals surface area contributed by atoms with E-state index in [4.69, 9.17) is 9.15 Å². The normalized spacial score (nSPS) is 15.4. The maximum absolute atomic E-state index is 11.4. The number of ether oxygens (including phenoxy) is 1. The Bertz CT molecular complexity index is 330. The van der Waals surface area contributed by atoms with Crippen molar-refractivity contribution in [3.8, 4) is 0 Å². The summed E-state index contributed by atoms with van der Waals surface area (Å²) in [5.74, 6) is 0.747. The monoisotopic (exact) mass is 223 g/mol. The third-order valence-electron chi connectivity index (χ3n) is 2.64. The average molecular weight is 223 g/mol. The lowest BCUT2D eigenvalue weighted by molar-refractivity contribution is -0.144. The van der Waals surface area contributed by atoms with Crippen LogP contribution in [0.3, 0.4) is 0 Å². The lowest BCUT2D eigenvalue weighted by Gasteiger charge is -2.19. The van der Waals surface area contributed by atoms with E-state index in [-0.39, 0.29) is 5.97 Å². The van der Waals surface area contributed by atoms with Gasteiger partial charge in [-0.1, -0.05) is 0 Å². The smallest absolute Gasteiger partial charge is 0.320 e. The molecule has 1 aliphatic carbocycles. The van der Waals surface area contributed by atoms with Gasteiger partial charge in [-0.3, -0.25) is 9.69 Å². The molecule has 1 heterocycles. The minimum atomic E-state index is -0.152. The number of carbonyl (C=O) groups excluding carboxylic acids is 1. The number of rotatable bonds is 6. The van der Waals surface area contributed by atoms with Crippen LogP contribution in [0.2, 0.25) is 0 Å². The van der Waals surface area contributed by atoms with Crippen molar-refractivity contribution in [1.82, 2.24) is 4.90 Å². The Morgan fingerprint density at radius 3 is 3.00 bits per heavy atom. The van der Waals surface area contributed by atoms with Crippen LogP contribution in [0, 0.1) is 0 Å². The van der Waals surface area contributed by atoms with E-state index in [1.165, 1.54) is 12.8 Å². The van der Waals surface area contributed by atoms with Crippen molar-refractivity contribution in [2.45, 2.75) is 32.4 Å². The molecule has 1 aliphatic rings. The van der Waals surface area contributed by atoms with Crippen molar-refractivity contribution in [3.63, 3.8) is 0 Å². The van der Waals surface area contributed by atoms with Gasteiger partial charge >= 0.3 is 5.97 Å². The molecule has 0 saturated heterocycles. The standard InChI is InChI=1S/C12H17NO3/c1-2-15-12(14)9-13(10-5-6-10)8-11-4-3-7-16-11/h3-4,7,10H,2,5-6,8-9H2,1H3. The van der Waals surface area contributed by atoms with Crippen LogP contribution in [0.25, 0.3) is 0 Å². The zero-order chi connectivity index (χ0) is 11.4. The van der Waals surface area contributed by atoms with E-state index >= 15 is 0 Å². The fraction of sp³-hybridized carbons (Fsp3) is 0.583. The molecule has 1 aromatic rings. The predicted molar refractivity (Wildman–Crippen MR) is 58.8 cm³/mol. The quantitative estimate of drug-likeness (QED) is 0.690. The number of nitrogens with zero attached hydrogens (tertiary/aromatic N) is 1. The maximum Gasteiger partial charge on any atom is 0.320 e. The third kappa shape index (κ3) is 3.10. The average Bonchev–Trinajstić information content (AvgIpc) is 2.98. The van der Waals surface area contributed by atoms with Crippen molar-refractivity contribution in [3.05, 3.63) is 24.2 Å². The van der Waals surface area contributed by atoms with Crippen LogP contribution in [-0.2, 0) is 16.1 Å². The first-order valence-corrected chi connectivity index (χ1v) is 5.71. The molecule has 0 bridgehead atoms. The van der Waals surface area contributed by atoms with Gasteiger partial charge in [-0.25, -0.2) is 0 Å². The Morgan fingerprint density at radius 1 is 1.62 bits per heavy atom. The van der Waals surface area contributed by atoms with Crippen LogP contribution in [0.1, 0.15) is 25.5 Å². The first-order chi connectivity index (χ1) is 7.79. The summed E-state index contributed by atoms with van der Waals surface area (Å²) in [6.07, 6.45) is 3.99. The SMILES string of the molecule is CCOC(=O)CN(Cc1ccco1)C1CC1. The summed E-state index contributed by atoms with van der Waals surface area (Å²) in [6, 6.07) is 4.32. The number of furan rings is 1. The molecule has 88 valence electrons. The van der Waals surface area contributed by atoms with Crippen molar-refractivity contribution in [2.75, 3.05) is 13.2 Å². The van der Waals surface area contributed by atoms with Crippen molar-refractivity contribution in [2.24, 2.45) is 0 Å². The topological polar surface area (TPSA) is 42.7 Å². The molecule has 0 radical (unpaired) electrons. The van der Waals surface area contributed by atoms with Gasteiger partial charge in [-0.15, -0.1) is 0 Å². The maximum atomic E-state index is 11.4. The van der Waals surface area contributed by atoms with Gasteiger partial charge in [-0.05, 0) is 31.9 Å². The Balaban J connectivity index is 1.87. The lowest BCUT2D eigenvalue weighted by atomic mass is 10.3. The second-order valence-corrected chi connectivity index (χ2v) is 4.02. The summed E-state index contributed by atoms with van der Waals surface area (Å²) in [4.78, 5) is 13.5. The van der Waals surface area contributed by atoms with E-state index in [1.54, 1.807) is 6.26 Å². The van der Waals surface area contributed by atoms with E-state index in [9.17, 15) is 4.79 Å². The number of hydrogen-bond acceptors (Lipinski definition) is 4. The number of hydrogen-bond donors (Lipinski definition) is 0. The highest BCUT2D eigenvalue weighted by molar-refractivity contribution is 5.71. The lowest BCUT2D eigenvalue weighted by Crippen LogP contribution is -2.32. The highest BCUT2D eigenvalue weighted by atomic mass is 16.5. The van der Waals surface area contributed by atoms with Gasteiger partial charge in [-0.2, -0.15) is 0 Å². The fourth-order valence-corrected chi connectivity index (χ4v) is 1.73. The van der Waals surface area contributed by atoms with Crippen LogP contribution < -0.4 is 0 Å². The van der Waals surface area contributed by atoms with Gasteiger partial charge in [0.05, 0.1) is 26.0 Å². The highest BCUT2D eigenvalue weighted by Gasteiger charge is 2.31. The summed E-state index contributed by atoms with van der Waals surface area (Å²) in [5, 5.41) is 0. The van der Waals surface area contributed by atoms with Crippen LogP contribution in [0.15, 0.2) is 22.8 Å². The van der Waals surface area contributed by atoms with Gasteiger partial charge in [0, 0.05) is 6.04 Å². The molecular formula is C12H17NO3. The molecule has 1 fully saturated rings. The molecular weight excluding hydrogens is 206 g/mol. The molecule has 0 N–H and O–H groups in total. The predicted octanol–water partition coefficient (Wildman–Crippen LogP) is 1.81. The minimum Gasteiger partial charge on any atom is -0.468 e. The van der Waals surface area contributed by atoms with Gasteiger partial charge in [0.1, 0.15) is 5.76 Å². The Morgan fingerprint density at radius 2 is 2.44 bits per heavy atom. The van der Waals surface area contributed by atoms with E-state index < -0.39 is 0 Å². The molecule has 1 saturated carbocycles. The van der Waals surface area contributed by atoms with Crippen molar-refractivity contribution in [1.29, 1.82) is 0 Å². The second kappa shape index (κ2) is 5.16. The molecule has 4 heteroatoms. The number of carbonyl (C=O) groups is 1. The molecule has 16 heavy (non-hydrogen) atoms. The van der Waals surface area contributed by atoms with E-state index in [1.807, 2.05) is 19.1 Å². The van der Waals surface area contributed by atoms with Crippen molar-refractivity contribution < 1.29 is 13.9 Å². The van der Waals surface area contributed by atoms with Gasteiger partial charge < -0.3 is 9.15 Å².